The summed E-state index contributed by atoms with van der Waals surface area (Å²) in [6, 6.07) is 6.83. The van der Waals surface area contributed by atoms with Crippen LogP contribution in [0.4, 0.5) is 4.39 Å². The molecule has 3 N–H and O–H groups in total. The zero-order chi connectivity index (χ0) is 25.8. The number of carbonyl (C=O) groups is 3. The van der Waals surface area contributed by atoms with E-state index >= 15 is 0 Å². The highest BCUT2D eigenvalue weighted by molar-refractivity contribution is 7.14. The lowest BCUT2D eigenvalue weighted by molar-refractivity contribution is -0.153. The first-order valence-electron chi connectivity index (χ1n) is 11.7. The molecule has 0 bridgehead atoms. The quantitative estimate of drug-likeness (QED) is 0.364. The number of benzene rings is 1. The number of nitrogens with zero attached hydrogens (tertiary/aromatic N) is 1. The third kappa shape index (κ3) is 5.90. The number of hydrogen-bond acceptors (Lipinski definition) is 6. The van der Waals surface area contributed by atoms with Gasteiger partial charge in [-0.15, -0.1) is 11.3 Å². The molecule has 0 radical (unpaired) electrons. The highest BCUT2D eigenvalue weighted by atomic mass is 32.1. The number of likely N-dealkylation sites (tertiary alicyclic amines) is 1. The average Bonchev–Trinajstić information content (AvgIpc) is 3.48. The lowest BCUT2D eigenvalue weighted by Crippen LogP contribution is -2.49. The summed E-state index contributed by atoms with van der Waals surface area (Å²) in [5.74, 6) is -2.68. The van der Waals surface area contributed by atoms with Crippen LogP contribution in [0.25, 0.3) is 0 Å². The lowest BCUT2D eigenvalue weighted by atomic mass is 9.77. The smallest absolute Gasteiger partial charge is 0.353 e. The lowest BCUT2D eigenvalue weighted by Gasteiger charge is -2.35. The Morgan fingerprint density at radius 1 is 1.26 bits per heavy atom. The Kier molecular flexibility index (Phi) is 8.32. The van der Waals surface area contributed by atoms with Crippen molar-refractivity contribution in [2.45, 2.75) is 58.4 Å². The number of esters is 1. The average molecular weight is 503 g/mol. The molecule has 9 heteroatoms. The van der Waals surface area contributed by atoms with Crippen molar-refractivity contribution >= 4 is 29.2 Å². The number of nitrogens with two attached hydrogens (primary N) is 1. The van der Waals surface area contributed by atoms with Crippen molar-refractivity contribution in [3.05, 3.63) is 63.7 Å². The molecule has 1 amide bonds. The van der Waals surface area contributed by atoms with Gasteiger partial charge in [0.2, 0.25) is 5.91 Å². The summed E-state index contributed by atoms with van der Waals surface area (Å²) in [4.78, 5) is 40.3. The molecular formula is C26H31FN2O5S. The third-order valence-electron chi connectivity index (χ3n) is 6.61. The molecule has 3 rings (SSSR count). The fraction of sp³-hybridized carbons (Fsp3) is 0.423. The fourth-order valence-electron chi connectivity index (χ4n) is 4.51. The third-order valence-corrected chi connectivity index (χ3v) is 7.68. The highest BCUT2D eigenvalue weighted by Crippen LogP contribution is 2.38. The van der Waals surface area contributed by atoms with Gasteiger partial charge in [0.25, 0.3) is 0 Å². The predicted octanol–water partition coefficient (Wildman–Crippen LogP) is 4.55. The van der Waals surface area contributed by atoms with Crippen LogP contribution in [-0.2, 0) is 22.4 Å². The number of aliphatic carboxylic acids is 1. The van der Waals surface area contributed by atoms with E-state index in [0.717, 1.165) is 4.88 Å². The van der Waals surface area contributed by atoms with E-state index in [1.54, 1.807) is 18.2 Å². The van der Waals surface area contributed by atoms with Gasteiger partial charge in [-0.25, -0.2) is 14.0 Å². The molecule has 1 saturated heterocycles. The van der Waals surface area contributed by atoms with Crippen LogP contribution >= 0.6 is 11.3 Å². The zero-order valence-electron chi connectivity index (χ0n) is 20.0. The number of halogens is 1. The van der Waals surface area contributed by atoms with E-state index in [9.17, 15) is 23.9 Å². The zero-order valence-corrected chi connectivity index (χ0v) is 20.8. The predicted molar refractivity (Wildman–Crippen MR) is 132 cm³/mol. The van der Waals surface area contributed by atoms with Gasteiger partial charge in [0.1, 0.15) is 10.9 Å². The van der Waals surface area contributed by atoms with Crippen molar-refractivity contribution in [2.24, 2.45) is 11.1 Å². The van der Waals surface area contributed by atoms with Gasteiger partial charge in [-0.05, 0) is 61.9 Å². The number of carboxylic acid groups (broad SMARTS) is 1. The summed E-state index contributed by atoms with van der Waals surface area (Å²) in [5, 5.41) is 9.51. The van der Waals surface area contributed by atoms with Crippen molar-refractivity contribution in [3.63, 3.8) is 0 Å². The molecule has 1 aromatic heterocycles. The standard InChI is InChI=1S/C26H31FN2O5S/c1-4-26(5-2,25(33)29-12-6-7-20(29)23(30)31)15-18-9-11-22(35-18)24(32)34-21-10-8-17(13-16(3)28)14-19(21)27/h8-11,14,20H,3-7,12-13,15,28H2,1-2H3,(H,30,31)/t20-/m0/s1. The molecule has 1 aromatic carbocycles. The molecule has 7 nitrogen and oxygen atoms in total. The van der Waals surface area contributed by atoms with Crippen LogP contribution in [0, 0.1) is 11.2 Å². The van der Waals surface area contributed by atoms with Crippen LogP contribution in [-0.4, -0.2) is 40.4 Å². The number of allylic oxidation sites excluding steroid dienone is 1. The maximum Gasteiger partial charge on any atom is 0.353 e. The first kappa shape index (κ1) is 26.4. The minimum atomic E-state index is -0.980. The van der Waals surface area contributed by atoms with Gasteiger partial charge < -0.3 is 20.5 Å². The Hall–Kier alpha value is -3.20. The first-order valence-corrected chi connectivity index (χ1v) is 12.5. The minimum Gasteiger partial charge on any atom is -0.480 e. The van der Waals surface area contributed by atoms with Gasteiger partial charge in [-0.2, -0.15) is 0 Å². The van der Waals surface area contributed by atoms with Crippen LogP contribution in [0.2, 0.25) is 0 Å². The van der Waals surface area contributed by atoms with Gasteiger partial charge in [0.15, 0.2) is 11.6 Å². The van der Waals surface area contributed by atoms with Gasteiger partial charge in [0.05, 0.1) is 5.41 Å². The van der Waals surface area contributed by atoms with Crippen LogP contribution in [0.1, 0.15) is 59.6 Å². The second kappa shape index (κ2) is 11.0. The number of thiophene rings is 1. The van der Waals surface area contributed by atoms with Crippen LogP contribution in [0.15, 0.2) is 42.6 Å². The Morgan fingerprint density at radius 3 is 2.57 bits per heavy atom. The van der Waals surface area contributed by atoms with Crippen molar-refractivity contribution in [2.75, 3.05) is 6.54 Å². The maximum atomic E-state index is 14.4. The Morgan fingerprint density at radius 2 is 1.97 bits per heavy atom. The SMILES string of the molecule is C=C(N)Cc1ccc(OC(=O)c2ccc(CC(CC)(CC)C(=O)N3CCC[C@H]3C(=O)O)s2)c(F)c1. The molecule has 1 aliphatic heterocycles. The van der Waals surface area contributed by atoms with Crippen molar-refractivity contribution < 1.29 is 28.6 Å². The molecule has 1 fully saturated rings. The topological polar surface area (TPSA) is 110 Å². The maximum absolute atomic E-state index is 14.4. The summed E-state index contributed by atoms with van der Waals surface area (Å²) < 4.78 is 19.7. The Balaban J connectivity index is 1.74. The molecule has 1 atom stereocenters. The van der Waals surface area contributed by atoms with E-state index in [2.05, 4.69) is 6.58 Å². The number of carbonyl (C=O) groups excluding carboxylic acids is 2. The van der Waals surface area contributed by atoms with E-state index < -0.39 is 29.2 Å². The Bertz CT molecular complexity index is 1120. The van der Waals surface area contributed by atoms with Gasteiger partial charge in [-0.3, -0.25) is 4.79 Å². The molecule has 0 spiro atoms. The summed E-state index contributed by atoms with van der Waals surface area (Å²) >= 11 is 1.19. The molecule has 2 aromatic rings. The fourth-order valence-corrected chi connectivity index (χ4v) is 5.54. The van der Waals surface area contributed by atoms with Crippen molar-refractivity contribution in [3.8, 4) is 5.75 Å². The summed E-state index contributed by atoms with van der Waals surface area (Å²) in [5.41, 5.74) is 5.82. The Labute approximate surface area is 208 Å². The number of amides is 1. The number of hydrogen-bond donors (Lipinski definition) is 2. The van der Waals surface area contributed by atoms with Crippen LogP contribution in [0.3, 0.4) is 0 Å². The van der Waals surface area contributed by atoms with E-state index in [0.29, 0.717) is 56.3 Å². The number of rotatable bonds is 10. The first-order chi connectivity index (χ1) is 16.6. The monoisotopic (exact) mass is 502 g/mol. The summed E-state index contributed by atoms with van der Waals surface area (Å²) in [6.07, 6.45) is 2.90. The van der Waals surface area contributed by atoms with Gasteiger partial charge in [-0.1, -0.05) is 26.5 Å². The van der Waals surface area contributed by atoms with Crippen LogP contribution in [0.5, 0.6) is 5.75 Å². The largest absolute Gasteiger partial charge is 0.480 e. The molecule has 1 aliphatic rings. The number of ether oxygens (including phenoxy) is 1. The van der Waals surface area contributed by atoms with E-state index in [4.69, 9.17) is 10.5 Å². The second-order valence-electron chi connectivity index (χ2n) is 8.91. The number of carboxylic acids is 1. The molecule has 2 heterocycles. The van der Waals surface area contributed by atoms with E-state index in [1.807, 2.05) is 13.8 Å². The second-order valence-corrected chi connectivity index (χ2v) is 10.1. The van der Waals surface area contributed by atoms with Gasteiger partial charge in [0, 0.05) is 23.5 Å². The normalized spacial score (nSPS) is 15.7. The molecule has 35 heavy (non-hydrogen) atoms. The van der Waals surface area contributed by atoms with E-state index in [-0.39, 0.29) is 16.5 Å². The van der Waals surface area contributed by atoms with Gasteiger partial charge >= 0.3 is 11.9 Å². The van der Waals surface area contributed by atoms with Crippen LogP contribution < -0.4 is 10.5 Å². The van der Waals surface area contributed by atoms with Crippen molar-refractivity contribution in [1.29, 1.82) is 0 Å². The minimum absolute atomic E-state index is 0.160. The molecule has 0 saturated carbocycles. The summed E-state index contributed by atoms with van der Waals surface area (Å²) in [6.45, 7) is 7.87. The molecule has 0 unspecified atom stereocenters. The molecular weight excluding hydrogens is 471 g/mol. The highest BCUT2D eigenvalue weighted by Gasteiger charge is 2.44. The summed E-state index contributed by atoms with van der Waals surface area (Å²) in [7, 11) is 0. The van der Waals surface area contributed by atoms with Crippen molar-refractivity contribution in [1.82, 2.24) is 4.90 Å². The molecule has 0 aliphatic carbocycles. The van der Waals surface area contributed by atoms with E-state index in [1.165, 1.54) is 28.4 Å². The molecule has 188 valence electrons.